The molecule has 2 N–H and O–H groups in total. The Kier molecular flexibility index (Phi) is 7.52. The summed E-state index contributed by atoms with van der Waals surface area (Å²) in [6.45, 7) is 2.32. The van der Waals surface area contributed by atoms with Crippen LogP contribution in [-0.4, -0.2) is 48.9 Å². The van der Waals surface area contributed by atoms with Gasteiger partial charge in [-0.1, -0.05) is 19.3 Å². The van der Waals surface area contributed by atoms with Gasteiger partial charge in [0.25, 0.3) is 5.91 Å². The van der Waals surface area contributed by atoms with E-state index < -0.39 is 0 Å². The lowest BCUT2D eigenvalue weighted by Gasteiger charge is -2.23. The number of nitrogens with one attached hydrogen (secondary N) is 1. The van der Waals surface area contributed by atoms with E-state index in [2.05, 4.69) is 31.4 Å². The minimum Gasteiger partial charge on any atom is -0.503 e. The third-order valence-corrected chi connectivity index (χ3v) is 4.59. The summed E-state index contributed by atoms with van der Waals surface area (Å²) < 4.78 is 5.59. The molecule has 0 spiro atoms. The Bertz CT molecular complexity index is 585. The molecule has 1 aliphatic heterocycles. The Morgan fingerprint density at radius 3 is 2.67 bits per heavy atom. The first kappa shape index (κ1) is 18.7. The number of ether oxygens (including phenoxy) is 1. The predicted octanol–water partition coefficient (Wildman–Crippen LogP) is 2.88. The lowest BCUT2D eigenvalue weighted by atomic mass is 10.1. The lowest BCUT2D eigenvalue weighted by Crippen LogP contribution is -2.37. The summed E-state index contributed by atoms with van der Waals surface area (Å²) in [6, 6.07) is 3.35. The highest BCUT2D eigenvalue weighted by Crippen LogP contribution is 2.34. The number of hydrogen-bond acceptors (Lipinski definition) is 5. The summed E-state index contributed by atoms with van der Waals surface area (Å²) >= 11 is 3.25. The standard InChI is InChI=1S/C17H24BrN3O3/c1-24-15-10-13(9-14(18)17(15)23)11-19-20-16(22)12-21-7-5-3-2-4-6-8-21/h9-11,23H,2-8,12H2,1H3,(H,20,22). The van der Waals surface area contributed by atoms with Crippen molar-refractivity contribution in [2.75, 3.05) is 26.7 Å². The van der Waals surface area contributed by atoms with Crippen molar-refractivity contribution in [1.82, 2.24) is 10.3 Å². The zero-order chi connectivity index (χ0) is 17.4. The number of amides is 1. The summed E-state index contributed by atoms with van der Waals surface area (Å²) in [5.74, 6) is 0.269. The van der Waals surface area contributed by atoms with E-state index in [4.69, 9.17) is 4.74 Å². The van der Waals surface area contributed by atoms with Crippen LogP contribution >= 0.6 is 15.9 Å². The number of carbonyl (C=O) groups is 1. The van der Waals surface area contributed by atoms with Gasteiger partial charge in [-0.15, -0.1) is 0 Å². The van der Waals surface area contributed by atoms with E-state index in [0.717, 1.165) is 25.9 Å². The van der Waals surface area contributed by atoms with E-state index in [-0.39, 0.29) is 11.7 Å². The van der Waals surface area contributed by atoms with Crippen molar-refractivity contribution in [3.63, 3.8) is 0 Å². The van der Waals surface area contributed by atoms with E-state index in [1.165, 1.54) is 32.6 Å². The number of rotatable bonds is 5. The maximum absolute atomic E-state index is 12.0. The maximum atomic E-state index is 12.0. The van der Waals surface area contributed by atoms with Crippen LogP contribution in [0.5, 0.6) is 11.5 Å². The molecule has 132 valence electrons. The fourth-order valence-corrected chi connectivity index (χ4v) is 3.17. The third-order valence-electron chi connectivity index (χ3n) is 3.99. The van der Waals surface area contributed by atoms with Crippen molar-refractivity contribution < 1.29 is 14.6 Å². The number of aromatic hydroxyl groups is 1. The molecule has 0 unspecified atom stereocenters. The van der Waals surface area contributed by atoms with Crippen molar-refractivity contribution in [3.8, 4) is 11.5 Å². The highest BCUT2D eigenvalue weighted by atomic mass is 79.9. The normalized spacial score (nSPS) is 16.6. The Hall–Kier alpha value is -1.60. The van der Waals surface area contributed by atoms with Crippen LogP contribution in [-0.2, 0) is 4.79 Å². The third kappa shape index (κ3) is 5.79. The fourth-order valence-electron chi connectivity index (χ4n) is 2.71. The van der Waals surface area contributed by atoms with Crippen molar-refractivity contribution >= 4 is 28.1 Å². The SMILES string of the molecule is COc1cc(C=NNC(=O)CN2CCCCCCC2)cc(Br)c1O. The van der Waals surface area contributed by atoms with Crippen LogP contribution < -0.4 is 10.2 Å². The van der Waals surface area contributed by atoms with Crippen molar-refractivity contribution in [2.24, 2.45) is 5.10 Å². The van der Waals surface area contributed by atoms with Crippen molar-refractivity contribution in [2.45, 2.75) is 32.1 Å². The van der Waals surface area contributed by atoms with Crippen LogP contribution in [0.3, 0.4) is 0 Å². The van der Waals surface area contributed by atoms with Crippen LogP contribution in [0.25, 0.3) is 0 Å². The van der Waals surface area contributed by atoms with Gasteiger partial charge in [-0.3, -0.25) is 9.69 Å². The van der Waals surface area contributed by atoms with Crippen LogP contribution in [0.1, 0.15) is 37.7 Å². The zero-order valence-electron chi connectivity index (χ0n) is 13.9. The smallest absolute Gasteiger partial charge is 0.254 e. The van der Waals surface area contributed by atoms with E-state index in [0.29, 0.717) is 22.3 Å². The number of carbonyl (C=O) groups excluding carboxylic acids is 1. The lowest BCUT2D eigenvalue weighted by molar-refractivity contribution is -0.122. The second kappa shape index (κ2) is 9.64. The average Bonchev–Trinajstić information content (AvgIpc) is 2.53. The van der Waals surface area contributed by atoms with Gasteiger partial charge in [-0.2, -0.15) is 5.10 Å². The second-order valence-corrected chi connectivity index (χ2v) is 6.75. The maximum Gasteiger partial charge on any atom is 0.254 e. The molecule has 1 aromatic rings. The molecule has 0 atom stereocenters. The number of nitrogens with zero attached hydrogens (tertiary/aromatic N) is 2. The number of hydrazone groups is 1. The quantitative estimate of drug-likeness (QED) is 0.591. The first-order chi connectivity index (χ1) is 11.6. The van der Waals surface area contributed by atoms with Crippen LogP contribution in [0.15, 0.2) is 21.7 Å². The number of benzene rings is 1. The second-order valence-electron chi connectivity index (χ2n) is 5.89. The minimum absolute atomic E-state index is 0.0377. The number of phenolic OH excluding ortho intramolecular Hbond substituents is 1. The van der Waals surface area contributed by atoms with Gasteiger partial charge in [-0.05, 0) is 59.6 Å². The summed E-state index contributed by atoms with van der Waals surface area (Å²) in [6.07, 6.45) is 7.62. The summed E-state index contributed by atoms with van der Waals surface area (Å²) in [5, 5.41) is 13.8. The molecule has 1 saturated heterocycles. The Balaban J connectivity index is 1.86. The fraction of sp³-hybridized carbons (Fsp3) is 0.529. The molecular weight excluding hydrogens is 374 g/mol. The van der Waals surface area contributed by atoms with Gasteiger partial charge in [0.15, 0.2) is 11.5 Å². The first-order valence-electron chi connectivity index (χ1n) is 8.21. The topological polar surface area (TPSA) is 74.2 Å². The predicted molar refractivity (Wildman–Crippen MR) is 97.6 cm³/mol. The molecule has 1 heterocycles. The van der Waals surface area contributed by atoms with Gasteiger partial charge in [0.2, 0.25) is 0 Å². The van der Waals surface area contributed by atoms with E-state index in [1.54, 1.807) is 12.1 Å². The Labute approximate surface area is 151 Å². The van der Waals surface area contributed by atoms with E-state index in [1.807, 2.05) is 0 Å². The largest absolute Gasteiger partial charge is 0.503 e. The first-order valence-corrected chi connectivity index (χ1v) is 9.00. The molecule has 0 bridgehead atoms. The molecule has 0 aromatic heterocycles. The Morgan fingerprint density at radius 2 is 2.00 bits per heavy atom. The molecule has 7 heteroatoms. The van der Waals surface area contributed by atoms with Crippen LogP contribution in [0.2, 0.25) is 0 Å². The van der Waals surface area contributed by atoms with Gasteiger partial charge in [0, 0.05) is 0 Å². The molecule has 0 aliphatic carbocycles. The molecule has 1 amide bonds. The van der Waals surface area contributed by atoms with E-state index in [9.17, 15) is 9.90 Å². The molecule has 1 fully saturated rings. The number of likely N-dealkylation sites (tertiary alicyclic amines) is 1. The summed E-state index contributed by atoms with van der Waals surface area (Å²) in [7, 11) is 1.48. The number of halogens is 1. The Morgan fingerprint density at radius 1 is 1.33 bits per heavy atom. The van der Waals surface area contributed by atoms with Crippen LogP contribution in [0, 0.1) is 0 Å². The van der Waals surface area contributed by atoms with Crippen molar-refractivity contribution in [1.29, 1.82) is 0 Å². The van der Waals surface area contributed by atoms with Gasteiger partial charge in [0.05, 0.1) is 24.3 Å². The molecular formula is C17H24BrN3O3. The van der Waals surface area contributed by atoms with Crippen molar-refractivity contribution in [3.05, 3.63) is 22.2 Å². The average molecular weight is 398 g/mol. The molecule has 0 radical (unpaired) electrons. The summed E-state index contributed by atoms with van der Waals surface area (Å²) in [4.78, 5) is 14.2. The molecule has 0 saturated carbocycles. The van der Waals surface area contributed by atoms with Gasteiger partial charge in [0.1, 0.15) is 0 Å². The molecule has 24 heavy (non-hydrogen) atoms. The van der Waals surface area contributed by atoms with Crippen LogP contribution in [0.4, 0.5) is 0 Å². The highest BCUT2D eigenvalue weighted by molar-refractivity contribution is 9.10. The minimum atomic E-state index is -0.114. The van der Waals surface area contributed by atoms with Gasteiger partial charge >= 0.3 is 0 Å². The number of hydrogen-bond donors (Lipinski definition) is 2. The summed E-state index contributed by atoms with van der Waals surface area (Å²) in [5.41, 5.74) is 3.27. The van der Waals surface area contributed by atoms with Gasteiger partial charge < -0.3 is 9.84 Å². The monoisotopic (exact) mass is 397 g/mol. The molecule has 1 aliphatic rings. The molecule has 2 rings (SSSR count). The van der Waals surface area contributed by atoms with Gasteiger partial charge in [-0.25, -0.2) is 5.43 Å². The molecule has 6 nitrogen and oxygen atoms in total. The zero-order valence-corrected chi connectivity index (χ0v) is 15.5. The number of phenols is 1. The number of methoxy groups -OCH3 is 1. The molecule has 1 aromatic carbocycles. The highest BCUT2D eigenvalue weighted by Gasteiger charge is 2.12. The van der Waals surface area contributed by atoms with E-state index >= 15 is 0 Å².